The van der Waals surface area contributed by atoms with E-state index in [0.717, 1.165) is 36.9 Å². The van der Waals surface area contributed by atoms with Crippen LogP contribution in [0, 0.1) is 0 Å². The molecule has 0 saturated heterocycles. The Balaban J connectivity index is 2.96. The molecule has 1 aromatic rings. The fourth-order valence-electron chi connectivity index (χ4n) is 1.85. The van der Waals surface area contributed by atoms with Gasteiger partial charge in [-0.3, -0.25) is 0 Å². The molecule has 1 aromatic carbocycles. The standard InChI is InChI=1S/C16H25BrO/c1-5-11-18-15-9-8-14(16(2,3)4)12-13(15)7-6-10-17/h8-9,12H,5-7,10-11H2,1-4H3. The van der Waals surface area contributed by atoms with E-state index in [0.29, 0.717) is 0 Å². The van der Waals surface area contributed by atoms with Gasteiger partial charge in [0.1, 0.15) is 5.75 Å². The van der Waals surface area contributed by atoms with Gasteiger partial charge < -0.3 is 4.74 Å². The molecule has 0 N–H and O–H groups in total. The minimum Gasteiger partial charge on any atom is -0.493 e. The summed E-state index contributed by atoms with van der Waals surface area (Å²) in [4.78, 5) is 0. The van der Waals surface area contributed by atoms with E-state index in [1.807, 2.05) is 0 Å². The molecule has 0 atom stereocenters. The Bertz CT molecular complexity index is 366. The van der Waals surface area contributed by atoms with Gasteiger partial charge >= 0.3 is 0 Å². The first-order chi connectivity index (χ1) is 8.49. The van der Waals surface area contributed by atoms with E-state index in [2.05, 4.69) is 61.8 Å². The van der Waals surface area contributed by atoms with Crippen LogP contribution in [0.15, 0.2) is 18.2 Å². The number of benzene rings is 1. The Morgan fingerprint density at radius 3 is 2.50 bits per heavy atom. The van der Waals surface area contributed by atoms with Gasteiger partial charge in [0.2, 0.25) is 0 Å². The predicted octanol–water partition coefficient (Wildman–Crippen LogP) is 5.10. The number of hydrogen-bond acceptors (Lipinski definition) is 1. The summed E-state index contributed by atoms with van der Waals surface area (Å²) in [6.45, 7) is 9.70. The lowest BCUT2D eigenvalue weighted by Crippen LogP contribution is -2.12. The van der Waals surface area contributed by atoms with Crippen molar-refractivity contribution in [1.82, 2.24) is 0 Å². The molecule has 18 heavy (non-hydrogen) atoms. The third kappa shape index (κ3) is 4.64. The molecule has 0 aliphatic carbocycles. The molecule has 1 nitrogen and oxygen atoms in total. The number of rotatable bonds is 6. The van der Waals surface area contributed by atoms with Crippen LogP contribution in [0.25, 0.3) is 0 Å². The Morgan fingerprint density at radius 2 is 1.94 bits per heavy atom. The molecule has 0 unspecified atom stereocenters. The summed E-state index contributed by atoms with van der Waals surface area (Å²) in [5.41, 5.74) is 2.93. The summed E-state index contributed by atoms with van der Waals surface area (Å²) < 4.78 is 5.84. The molecule has 0 aliphatic heterocycles. The Hall–Kier alpha value is -0.500. The van der Waals surface area contributed by atoms with Crippen LogP contribution >= 0.6 is 15.9 Å². The zero-order chi connectivity index (χ0) is 13.6. The minimum absolute atomic E-state index is 0.201. The van der Waals surface area contributed by atoms with Crippen molar-refractivity contribution < 1.29 is 4.74 Å². The molecule has 1 rings (SSSR count). The van der Waals surface area contributed by atoms with Gasteiger partial charge in [0.25, 0.3) is 0 Å². The second kappa shape index (κ2) is 7.18. The van der Waals surface area contributed by atoms with E-state index >= 15 is 0 Å². The molecule has 0 heterocycles. The van der Waals surface area contributed by atoms with Crippen molar-refractivity contribution in [2.75, 3.05) is 11.9 Å². The highest BCUT2D eigenvalue weighted by Gasteiger charge is 2.15. The molecule has 102 valence electrons. The minimum atomic E-state index is 0.201. The number of ether oxygens (including phenoxy) is 1. The predicted molar refractivity (Wildman–Crippen MR) is 83.0 cm³/mol. The fraction of sp³-hybridized carbons (Fsp3) is 0.625. The normalized spacial score (nSPS) is 11.6. The molecular formula is C16H25BrO. The van der Waals surface area contributed by atoms with Crippen LogP contribution in [0.5, 0.6) is 5.75 Å². The molecule has 0 amide bonds. The lowest BCUT2D eigenvalue weighted by Gasteiger charge is -2.21. The monoisotopic (exact) mass is 312 g/mol. The van der Waals surface area contributed by atoms with E-state index in [-0.39, 0.29) is 5.41 Å². The fourth-order valence-corrected chi connectivity index (χ4v) is 2.13. The van der Waals surface area contributed by atoms with Gasteiger partial charge in [0, 0.05) is 5.33 Å². The average molecular weight is 313 g/mol. The topological polar surface area (TPSA) is 9.23 Å². The van der Waals surface area contributed by atoms with Gasteiger partial charge in [-0.2, -0.15) is 0 Å². The quantitative estimate of drug-likeness (QED) is 0.664. The lowest BCUT2D eigenvalue weighted by molar-refractivity contribution is 0.314. The smallest absolute Gasteiger partial charge is 0.122 e. The van der Waals surface area contributed by atoms with E-state index in [9.17, 15) is 0 Å². The first-order valence-electron chi connectivity index (χ1n) is 6.81. The third-order valence-corrected chi connectivity index (χ3v) is 3.53. The zero-order valence-corrected chi connectivity index (χ0v) is 13.6. The Labute approximate surface area is 120 Å². The number of aryl methyl sites for hydroxylation is 1. The highest BCUT2D eigenvalue weighted by atomic mass is 79.9. The molecule has 0 saturated carbocycles. The maximum absolute atomic E-state index is 5.84. The van der Waals surface area contributed by atoms with Crippen LogP contribution in [0.1, 0.15) is 51.7 Å². The van der Waals surface area contributed by atoms with Crippen LogP contribution in [-0.2, 0) is 11.8 Å². The molecule has 0 aromatic heterocycles. The second-order valence-corrected chi connectivity index (χ2v) is 6.51. The van der Waals surface area contributed by atoms with Crippen LogP contribution in [0.4, 0.5) is 0 Å². The van der Waals surface area contributed by atoms with E-state index < -0.39 is 0 Å². The molecule has 0 fully saturated rings. The summed E-state index contributed by atoms with van der Waals surface area (Å²) in [6.07, 6.45) is 3.28. The van der Waals surface area contributed by atoms with Gasteiger partial charge in [0.15, 0.2) is 0 Å². The van der Waals surface area contributed by atoms with E-state index in [1.54, 1.807) is 0 Å². The number of hydrogen-bond donors (Lipinski definition) is 0. The van der Waals surface area contributed by atoms with Crippen molar-refractivity contribution in [1.29, 1.82) is 0 Å². The summed E-state index contributed by atoms with van der Waals surface area (Å²) in [6, 6.07) is 6.65. The molecular weight excluding hydrogens is 288 g/mol. The van der Waals surface area contributed by atoms with Gasteiger partial charge in [-0.25, -0.2) is 0 Å². The third-order valence-electron chi connectivity index (χ3n) is 2.97. The SMILES string of the molecule is CCCOc1ccc(C(C)(C)C)cc1CCCBr. The van der Waals surface area contributed by atoms with Gasteiger partial charge in [-0.15, -0.1) is 0 Å². The molecule has 0 spiro atoms. The summed E-state index contributed by atoms with van der Waals surface area (Å²) >= 11 is 3.50. The summed E-state index contributed by atoms with van der Waals surface area (Å²) in [7, 11) is 0. The largest absolute Gasteiger partial charge is 0.493 e. The second-order valence-electron chi connectivity index (χ2n) is 5.71. The summed E-state index contributed by atoms with van der Waals surface area (Å²) in [5, 5.41) is 1.04. The first kappa shape index (κ1) is 15.6. The van der Waals surface area contributed by atoms with Gasteiger partial charge in [-0.05, 0) is 41.9 Å². The van der Waals surface area contributed by atoms with Crippen molar-refractivity contribution in [3.63, 3.8) is 0 Å². The van der Waals surface area contributed by atoms with Crippen LogP contribution < -0.4 is 4.74 Å². The highest BCUT2D eigenvalue weighted by Crippen LogP contribution is 2.29. The van der Waals surface area contributed by atoms with Crippen molar-refractivity contribution in [3.05, 3.63) is 29.3 Å². The van der Waals surface area contributed by atoms with Crippen LogP contribution in [0.2, 0.25) is 0 Å². The number of halogens is 1. The van der Waals surface area contributed by atoms with E-state index in [1.165, 1.54) is 11.1 Å². The van der Waals surface area contributed by atoms with Crippen molar-refractivity contribution in [2.24, 2.45) is 0 Å². The summed E-state index contributed by atoms with van der Waals surface area (Å²) in [5.74, 6) is 1.06. The van der Waals surface area contributed by atoms with E-state index in [4.69, 9.17) is 4.74 Å². The van der Waals surface area contributed by atoms with Gasteiger partial charge in [0.05, 0.1) is 6.61 Å². The Morgan fingerprint density at radius 1 is 1.22 bits per heavy atom. The van der Waals surface area contributed by atoms with Crippen molar-refractivity contribution in [2.45, 2.75) is 52.4 Å². The lowest BCUT2D eigenvalue weighted by atomic mass is 9.85. The zero-order valence-electron chi connectivity index (χ0n) is 12.1. The molecule has 2 heteroatoms. The average Bonchev–Trinajstić information content (AvgIpc) is 2.33. The van der Waals surface area contributed by atoms with Gasteiger partial charge in [-0.1, -0.05) is 55.8 Å². The number of alkyl halides is 1. The van der Waals surface area contributed by atoms with Crippen LogP contribution in [0.3, 0.4) is 0 Å². The maximum atomic E-state index is 5.84. The van der Waals surface area contributed by atoms with Crippen molar-refractivity contribution in [3.8, 4) is 5.75 Å². The first-order valence-corrected chi connectivity index (χ1v) is 7.93. The highest BCUT2D eigenvalue weighted by molar-refractivity contribution is 9.09. The Kier molecular flexibility index (Phi) is 6.20. The molecule has 0 radical (unpaired) electrons. The maximum Gasteiger partial charge on any atom is 0.122 e. The van der Waals surface area contributed by atoms with Crippen molar-refractivity contribution >= 4 is 15.9 Å². The molecule has 0 aliphatic rings. The van der Waals surface area contributed by atoms with Crippen LogP contribution in [-0.4, -0.2) is 11.9 Å². The molecule has 0 bridgehead atoms.